The maximum atomic E-state index is 12.1. The molecule has 3 N–H and O–H groups in total. The SMILES string of the molecule is NCC1CCCN(S(=O)(=O)NCCc2ncno2)C1. The van der Waals surface area contributed by atoms with Crippen molar-refractivity contribution in [3.63, 3.8) is 0 Å². The second-order valence-corrected chi connectivity index (χ2v) is 6.34. The first-order chi connectivity index (χ1) is 9.12. The van der Waals surface area contributed by atoms with Crippen molar-refractivity contribution in [3.8, 4) is 0 Å². The van der Waals surface area contributed by atoms with Crippen LogP contribution in [0.25, 0.3) is 0 Å². The molecule has 0 aliphatic carbocycles. The summed E-state index contributed by atoms with van der Waals surface area (Å²) in [5, 5.41) is 3.46. The normalized spacial score (nSPS) is 21.6. The van der Waals surface area contributed by atoms with E-state index in [2.05, 4.69) is 14.9 Å². The van der Waals surface area contributed by atoms with Crippen LogP contribution in [0.4, 0.5) is 0 Å². The number of rotatable bonds is 6. The summed E-state index contributed by atoms with van der Waals surface area (Å²) >= 11 is 0. The first kappa shape index (κ1) is 14.4. The molecule has 8 nitrogen and oxygen atoms in total. The molecule has 0 spiro atoms. The van der Waals surface area contributed by atoms with Gasteiger partial charge in [0.25, 0.3) is 10.2 Å². The Labute approximate surface area is 112 Å². The molecule has 1 unspecified atom stereocenters. The largest absolute Gasteiger partial charge is 0.340 e. The zero-order chi connectivity index (χ0) is 13.7. The Bertz CT molecular complexity index is 475. The maximum Gasteiger partial charge on any atom is 0.279 e. The van der Waals surface area contributed by atoms with Gasteiger partial charge < -0.3 is 10.3 Å². The van der Waals surface area contributed by atoms with Gasteiger partial charge in [0.05, 0.1) is 0 Å². The number of hydrogen-bond donors (Lipinski definition) is 2. The van der Waals surface area contributed by atoms with E-state index in [1.165, 1.54) is 10.6 Å². The molecule has 2 heterocycles. The van der Waals surface area contributed by atoms with E-state index in [4.69, 9.17) is 10.3 Å². The maximum absolute atomic E-state index is 12.1. The third kappa shape index (κ3) is 3.96. The zero-order valence-corrected chi connectivity index (χ0v) is 11.5. The molecule has 0 bridgehead atoms. The second kappa shape index (κ2) is 6.42. The van der Waals surface area contributed by atoms with Crippen LogP contribution in [-0.4, -0.2) is 49.0 Å². The first-order valence-electron chi connectivity index (χ1n) is 6.32. The lowest BCUT2D eigenvalue weighted by atomic mass is 10.0. The van der Waals surface area contributed by atoms with Crippen LogP contribution in [0, 0.1) is 5.92 Å². The summed E-state index contributed by atoms with van der Waals surface area (Å²) in [6, 6.07) is 0. The number of hydrogen-bond acceptors (Lipinski definition) is 6. The molecule has 0 aromatic carbocycles. The zero-order valence-electron chi connectivity index (χ0n) is 10.7. The molecule has 0 amide bonds. The van der Waals surface area contributed by atoms with Crippen LogP contribution >= 0.6 is 0 Å². The highest BCUT2D eigenvalue weighted by Gasteiger charge is 2.27. The van der Waals surface area contributed by atoms with E-state index in [0.29, 0.717) is 31.9 Å². The molecule has 0 radical (unpaired) electrons. The summed E-state index contributed by atoms with van der Waals surface area (Å²) in [6.45, 7) is 1.81. The quantitative estimate of drug-likeness (QED) is 0.702. The molecular formula is C10H19N5O3S. The van der Waals surface area contributed by atoms with Gasteiger partial charge in [-0.3, -0.25) is 0 Å². The molecule has 2 rings (SSSR count). The average molecular weight is 289 g/mol. The molecule has 1 aliphatic heterocycles. The van der Waals surface area contributed by atoms with E-state index >= 15 is 0 Å². The van der Waals surface area contributed by atoms with Crippen molar-refractivity contribution in [3.05, 3.63) is 12.2 Å². The van der Waals surface area contributed by atoms with Crippen LogP contribution in [0.1, 0.15) is 18.7 Å². The summed E-state index contributed by atoms with van der Waals surface area (Å²) < 4.78 is 33.0. The summed E-state index contributed by atoms with van der Waals surface area (Å²) in [5.74, 6) is 0.669. The summed E-state index contributed by atoms with van der Waals surface area (Å²) in [4.78, 5) is 3.83. The fraction of sp³-hybridized carbons (Fsp3) is 0.800. The highest BCUT2D eigenvalue weighted by Crippen LogP contribution is 2.17. The Balaban J connectivity index is 1.83. The fourth-order valence-corrected chi connectivity index (χ4v) is 3.44. The van der Waals surface area contributed by atoms with Gasteiger partial charge in [-0.25, -0.2) is 4.72 Å². The minimum Gasteiger partial charge on any atom is -0.340 e. The number of nitrogens with one attached hydrogen (secondary N) is 1. The monoisotopic (exact) mass is 289 g/mol. The Morgan fingerprint density at radius 3 is 3.11 bits per heavy atom. The van der Waals surface area contributed by atoms with Crippen molar-refractivity contribution < 1.29 is 12.9 Å². The van der Waals surface area contributed by atoms with Crippen molar-refractivity contribution in [2.24, 2.45) is 11.7 Å². The van der Waals surface area contributed by atoms with Crippen molar-refractivity contribution in [1.29, 1.82) is 0 Å². The lowest BCUT2D eigenvalue weighted by Gasteiger charge is -2.31. The number of piperidine rings is 1. The lowest BCUT2D eigenvalue weighted by molar-refractivity contribution is 0.268. The van der Waals surface area contributed by atoms with Crippen LogP contribution in [0.2, 0.25) is 0 Å². The van der Waals surface area contributed by atoms with Crippen molar-refractivity contribution >= 4 is 10.2 Å². The third-order valence-corrected chi connectivity index (χ3v) is 4.77. The minimum absolute atomic E-state index is 0.244. The van der Waals surface area contributed by atoms with Crippen molar-refractivity contribution in [2.75, 3.05) is 26.2 Å². The van der Waals surface area contributed by atoms with Gasteiger partial charge in [0, 0.05) is 26.1 Å². The Hall–Kier alpha value is -1.03. The number of aromatic nitrogens is 2. The van der Waals surface area contributed by atoms with Crippen LogP contribution < -0.4 is 10.5 Å². The second-order valence-electron chi connectivity index (χ2n) is 4.59. The minimum atomic E-state index is -3.44. The van der Waals surface area contributed by atoms with Gasteiger partial charge in [0.1, 0.15) is 0 Å². The highest BCUT2D eigenvalue weighted by molar-refractivity contribution is 7.87. The summed E-state index contributed by atoms with van der Waals surface area (Å²) in [6.07, 6.45) is 3.52. The predicted octanol–water partition coefficient (Wildman–Crippen LogP) is -0.883. The van der Waals surface area contributed by atoms with Gasteiger partial charge in [-0.2, -0.15) is 17.7 Å². The Morgan fingerprint density at radius 1 is 1.58 bits per heavy atom. The molecule has 9 heteroatoms. The summed E-state index contributed by atoms with van der Waals surface area (Å²) in [7, 11) is -3.44. The van der Waals surface area contributed by atoms with E-state index in [1.54, 1.807) is 0 Å². The van der Waals surface area contributed by atoms with Crippen LogP contribution in [0.3, 0.4) is 0 Å². The smallest absolute Gasteiger partial charge is 0.279 e. The van der Waals surface area contributed by atoms with Gasteiger partial charge in [-0.1, -0.05) is 5.16 Å². The molecule has 1 fully saturated rings. The summed E-state index contributed by atoms with van der Waals surface area (Å²) in [5.41, 5.74) is 5.60. The van der Waals surface area contributed by atoms with Crippen molar-refractivity contribution in [1.82, 2.24) is 19.2 Å². The molecular weight excluding hydrogens is 270 g/mol. The molecule has 1 aliphatic rings. The van der Waals surface area contributed by atoms with Crippen LogP contribution in [0.5, 0.6) is 0 Å². The van der Waals surface area contributed by atoms with Gasteiger partial charge in [0.15, 0.2) is 6.33 Å². The fourth-order valence-electron chi connectivity index (χ4n) is 2.12. The van der Waals surface area contributed by atoms with Crippen LogP contribution in [0.15, 0.2) is 10.9 Å². The van der Waals surface area contributed by atoms with Gasteiger partial charge in [-0.05, 0) is 25.3 Å². The molecule has 0 saturated carbocycles. The Kier molecular flexibility index (Phi) is 4.86. The molecule has 19 heavy (non-hydrogen) atoms. The van der Waals surface area contributed by atoms with Crippen LogP contribution in [-0.2, 0) is 16.6 Å². The number of nitrogens with two attached hydrogens (primary N) is 1. The predicted molar refractivity (Wildman–Crippen MR) is 68.3 cm³/mol. The molecule has 1 saturated heterocycles. The number of nitrogens with zero attached hydrogens (tertiary/aromatic N) is 3. The van der Waals surface area contributed by atoms with Gasteiger partial charge in [0.2, 0.25) is 5.89 Å². The standard InChI is InChI=1S/C10H19N5O3S/c11-6-9-2-1-5-15(7-9)19(16,17)14-4-3-10-12-8-13-18-10/h8-9,14H,1-7,11H2. The first-order valence-corrected chi connectivity index (χ1v) is 7.76. The molecule has 1 atom stereocenters. The Morgan fingerprint density at radius 2 is 2.42 bits per heavy atom. The molecule has 108 valence electrons. The van der Waals surface area contributed by atoms with Gasteiger partial charge in [-0.15, -0.1) is 0 Å². The topological polar surface area (TPSA) is 114 Å². The van der Waals surface area contributed by atoms with E-state index in [9.17, 15) is 8.42 Å². The molecule has 1 aromatic rings. The van der Waals surface area contributed by atoms with Crippen molar-refractivity contribution in [2.45, 2.75) is 19.3 Å². The van der Waals surface area contributed by atoms with E-state index < -0.39 is 10.2 Å². The lowest BCUT2D eigenvalue weighted by Crippen LogP contribution is -2.47. The van der Waals surface area contributed by atoms with Gasteiger partial charge >= 0.3 is 0 Å². The average Bonchev–Trinajstić information content (AvgIpc) is 2.92. The third-order valence-electron chi connectivity index (χ3n) is 3.19. The van der Waals surface area contributed by atoms with E-state index in [-0.39, 0.29) is 12.5 Å². The van der Waals surface area contributed by atoms with E-state index in [1.807, 2.05) is 0 Å². The van der Waals surface area contributed by atoms with E-state index in [0.717, 1.165) is 12.8 Å². The molecule has 1 aromatic heterocycles. The highest BCUT2D eigenvalue weighted by atomic mass is 32.2.